The summed E-state index contributed by atoms with van der Waals surface area (Å²) in [5, 5.41) is 3.69. The van der Waals surface area contributed by atoms with Crippen LogP contribution in [0.3, 0.4) is 0 Å². The highest BCUT2D eigenvalue weighted by molar-refractivity contribution is 5.05. The fraction of sp³-hybridized carbons (Fsp3) is 1.00. The lowest BCUT2D eigenvalue weighted by Gasteiger charge is -2.30. The Kier molecular flexibility index (Phi) is 3.87. The molecule has 1 nitrogen and oxygen atoms in total. The largest absolute Gasteiger partial charge is 0.312 e. The van der Waals surface area contributed by atoms with Gasteiger partial charge in [-0.25, -0.2) is 0 Å². The molecule has 1 spiro atoms. The minimum atomic E-state index is 0.295. The monoisotopic (exact) mass is 237 g/mol. The zero-order valence-electron chi connectivity index (χ0n) is 12.3. The van der Waals surface area contributed by atoms with Crippen LogP contribution in [0.25, 0.3) is 0 Å². The van der Waals surface area contributed by atoms with E-state index < -0.39 is 0 Å². The molecule has 0 heterocycles. The van der Waals surface area contributed by atoms with Crippen molar-refractivity contribution >= 4 is 0 Å². The summed E-state index contributed by atoms with van der Waals surface area (Å²) in [6.07, 6.45) is 10.4. The molecule has 2 saturated carbocycles. The minimum absolute atomic E-state index is 0.295. The Morgan fingerprint density at radius 2 is 1.82 bits per heavy atom. The molecule has 0 aliphatic heterocycles. The first-order chi connectivity index (χ1) is 7.95. The predicted molar refractivity (Wildman–Crippen MR) is 75.2 cm³/mol. The van der Waals surface area contributed by atoms with Crippen molar-refractivity contribution in [1.82, 2.24) is 5.32 Å². The molecule has 1 N–H and O–H groups in total. The van der Waals surface area contributed by atoms with E-state index in [2.05, 4.69) is 33.0 Å². The van der Waals surface area contributed by atoms with E-state index >= 15 is 0 Å². The highest BCUT2D eigenvalue weighted by atomic mass is 15.0. The minimum Gasteiger partial charge on any atom is -0.312 e. The van der Waals surface area contributed by atoms with Crippen molar-refractivity contribution < 1.29 is 0 Å². The van der Waals surface area contributed by atoms with Gasteiger partial charge < -0.3 is 5.32 Å². The van der Waals surface area contributed by atoms with Crippen molar-refractivity contribution in [3.63, 3.8) is 0 Å². The summed E-state index contributed by atoms with van der Waals surface area (Å²) in [5.41, 5.74) is 1.08. The van der Waals surface area contributed by atoms with Crippen LogP contribution in [0.4, 0.5) is 0 Å². The molecular weight excluding hydrogens is 206 g/mol. The topological polar surface area (TPSA) is 12.0 Å². The molecule has 17 heavy (non-hydrogen) atoms. The highest BCUT2D eigenvalue weighted by Gasteiger charge is 2.54. The van der Waals surface area contributed by atoms with Gasteiger partial charge in [-0.2, -0.15) is 0 Å². The Morgan fingerprint density at radius 3 is 2.35 bits per heavy atom. The van der Waals surface area contributed by atoms with Gasteiger partial charge in [0.2, 0.25) is 0 Å². The van der Waals surface area contributed by atoms with Crippen molar-refractivity contribution in [3.05, 3.63) is 0 Å². The van der Waals surface area contributed by atoms with E-state index in [1.807, 2.05) is 0 Å². The Bertz CT molecular complexity index is 243. The van der Waals surface area contributed by atoms with Crippen LogP contribution in [0, 0.1) is 17.3 Å². The van der Waals surface area contributed by atoms with Crippen LogP contribution >= 0.6 is 0 Å². The Morgan fingerprint density at radius 1 is 1.18 bits per heavy atom. The molecule has 0 amide bonds. The number of hydrogen-bond donors (Lipinski definition) is 1. The first kappa shape index (κ1) is 13.4. The molecule has 2 aliphatic rings. The average Bonchev–Trinajstić information content (AvgIpc) is 2.92. The summed E-state index contributed by atoms with van der Waals surface area (Å²) in [7, 11) is 0. The summed E-state index contributed by atoms with van der Waals surface area (Å²) in [6.45, 7) is 10.4. The molecule has 1 heteroatoms. The Balaban J connectivity index is 1.71. The van der Waals surface area contributed by atoms with Gasteiger partial charge in [0, 0.05) is 5.54 Å². The maximum atomic E-state index is 3.69. The molecule has 0 aromatic rings. The van der Waals surface area contributed by atoms with E-state index in [0.29, 0.717) is 5.54 Å². The van der Waals surface area contributed by atoms with Gasteiger partial charge in [-0.05, 0) is 76.7 Å². The molecule has 0 aromatic heterocycles. The normalized spacial score (nSPS) is 37.4. The van der Waals surface area contributed by atoms with E-state index in [1.165, 1.54) is 51.5 Å². The molecule has 2 rings (SSSR count). The van der Waals surface area contributed by atoms with Crippen LogP contribution in [-0.4, -0.2) is 12.1 Å². The van der Waals surface area contributed by atoms with E-state index in [-0.39, 0.29) is 0 Å². The first-order valence-corrected chi connectivity index (χ1v) is 7.70. The molecule has 0 radical (unpaired) electrons. The van der Waals surface area contributed by atoms with Crippen molar-refractivity contribution in [2.75, 3.05) is 6.54 Å². The number of nitrogens with one attached hydrogen (secondary N) is 1. The lowest BCUT2D eigenvalue weighted by Crippen LogP contribution is -2.38. The van der Waals surface area contributed by atoms with Crippen molar-refractivity contribution in [3.8, 4) is 0 Å². The highest BCUT2D eigenvalue weighted by Crippen LogP contribution is 2.62. The van der Waals surface area contributed by atoms with Gasteiger partial charge in [0.25, 0.3) is 0 Å². The quantitative estimate of drug-likeness (QED) is 0.765. The van der Waals surface area contributed by atoms with Gasteiger partial charge in [-0.15, -0.1) is 0 Å². The van der Waals surface area contributed by atoms with Gasteiger partial charge in [-0.1, -0.05) is 19.8 Å². The second-order valence-electron chi connectivity index (χ2n) is 7.63. The fourth-order valence-electron chi connectivity index (χ4n) is 3.71. The Hall–Kier alpha value is -0.0400. The third-order valence-corrected chi connectivity index (χ3v) is 5.04. The van der Waals surface area contributed by atoms with E-state index in [9.17, 15) is 0 Å². The lowest BCUT2D eigenvalue weighted by atomic mass is 9.77. The summed E-state index contributed by atoms with van der Waals surface area (Å²) >= 11 is 0. The molecule has 1 unspecified atom stereocenters. The third-order valence-electron chi connectivity index (χ3n) is 5.04. The number of rotatable bonds is 4. The maximum absolute atomic E-state index is 3.69. The van der Waals surface area contributed by atoms with E-state index in [0.717, 1.165) is 17.3 Å². The SMILES string of the molecule is CCCC1CCC2(CC1)CC2CNC(C)(C)C. The maximum Gasteiger partial charge on any atom is 0.00966 e. The lowest BCUT2D eigenvalue weighted by molar-refractivity contribution is 0.224. The van der Waals surface area contributed by atoms with Gasteiger partial charge in [0.1, 0.15) is 0 Å². The molecular formula is C16H31N. The van der Waals surface area contributed by atoms with Gasteiger partial charge in [-0.3, -0.25) is 0 Å². The van der Waals surface area contributed by atoms with Gasteiger partial charge in [0.15, 0.2) is 0 Å². The summed E-state index contributed by atoms with van der Waals surface area (Å²) < 4.78 is 0. The van der Waals surface area contributed by atoms with Crippen LogP contribution < -0.4 is 5.32 Å². The molecule has 1 atom stereocenters. The van der Waals surface area contributed by atoms with Crippen molar-refractivity contribution in [2.45, 2.75) is 78.2 Å². The van der Waals surface area contributed by atoms with Crippen molar-refractivity contribution in [1.29, 1.82) is 0 Å². The van der Waals surface area contributed by atoms with Crippen LogP contribution in [0.5, 0.6) is 0 Å². The summed E-state index contributed by atoms with van der Waals surface area (Å²) in [5.74, 6) is 2.05. The predicted octanol–water partition coefficient (Wildman–Crippen LogP) is 4.37. The summed E-state index contributed by atoms with van der Waals surface area (Å²) in [4.78, 5) is 0. The van der Waals surface area contributed by atoms with Crippen LogP contribution in [0.1, 0.15) is 72.6 Å². The zero-order valence-corrected chi connectivity index (χ0v) is 12.3. The van der Waals surface area contributed by atoms with Crippen LogP contribution in [-0.2, 0) is 0 Å². The van der Waals surface area contributed by atoms with Crippen molar-refractivity contribution in [2.24, 2.45) is 17.3 Å². The smallest absolute Gasteiger partial charge is 0.00966 e. The second-order valence-corrected chi connectivity index (χ2v) is 7.63. The van der Waals surface area contributed by atoms with Crippen LogP contribution in [0.2, 0.25) is 0 Å². The standard InChI is InChI=1S/C16H31N/c1-5-6-13-7-9-16(10-8-13)11-14(16)12-17-15(2,3)4/h13-14,17H,5-12H2,1-4H3. The molecule has 0 saturated heterocycles. The van der Waals surface area contributed by atoms with Gasteiger partial charge in [0.05, 0.1) is 0 Å². The molecule has 2 aliphatic carbocycles. The van der Waals surface area contributed by atoms with Gasteiger partial charge >= 0.3 is 0 Å². The Labute approximate surface area is 108 Å². The second kappa shape index (κ2) is 4.91. The van der Waals surface area contributed by atoms with E-state index in [4.69, 9.17) is 0 Å². The average molecular weight is 237 g/mol. The molecule has 100 valence electrons. The number of hydrogen-bond acceptors (Lipinski definition) is 1. The van der Waals surface area contributed by atoms with E-state index in [1.54, 1.807) is 0 Å². The van der Waals surface area contributed by atoms with Crippen LogP contribution in [0.15, 0.2) is 0 Å². The third kappa shape index (κ3) is 3.47. The molecule has 2 fully saturated rings. The molecule has 0 aromatic carbocycles. The zero-order chi connectivity index (χ0) is 12.5. The summed E-state index contributed by atoms with van der Waals surface area (Å²) in [6, 6.07) is 0. The first-order valence-electron chi connectivity index (χ1n) is 7.70. The fourth-order valence-corrected chi connectivity index (χ4v) is 3.71. The molecule has 0 bridgehead atoms.